The lowest BCUT2D eigenvalue weighted by Crippen LogP contribution is -2.43. The summed E-state index contributed by atoms with van der Waals surface area (Å²) < 4.78 is 0. The number of hydrogen-bond acceptors (Lipinski definition) is 3. The van der Waals surface area contributed by atoms with E-state index in [1.807, 2.05) is 12.1 Å². The molecule has 2 aliphatic heterocycles. The third kappa shape index (κ3) is 2.38. The third-order valence-electron chi connectivity index (χ3n) is 3.96. The molecule has 3 atom stereocenters. The summed E-state index contributed by atoms with van der Waals surface area (Å²) in [6.07, 6.45) is 1.18. The number of likely N-dealkylation sites (tertiary alicyclic amines) is 1. The lowest BCUT2D eigenvalue weighted by Gasteiger charge is -2.33. The average Bonchev–Trinajstić information content (AvgIpc) is 2.70. The van der Waals surface area contributed by atoms with Crippen LogP contribution in [0.5, 0.6) is 0 Å². The van der Waals surface area contributed by atoms with Crippen LogP contribution < -0.4 is 10.9 Å². The topological polar surface area (TPSA) is 27.3 Å². The molecule has 0 spiro atoms. The molecule has 0 saturated carbocycles. The van der Waals surface area contributed by atoms with Crippen LogP contribution in [-0.4, -0.2) is 31.1 Å². The monoisotopic (exact) mass is 285 g/mol. The maximum atomic E-state index is 6.09. The molecule has 5 heteroatoms. The van der Waals surface area contributed by atoms with Crippen LogP contribution in [0.3, 0.4) is 0 Å². The van der Waals surface area contributed by atoms with Gasteiger partial charge in [0.15, 0.2) is 0 Å². The minimum absolute atomic E-state index is 0.286. The highest BCUT2D eigenvalue weighted by Gasteiger charge is 2.39. The first-order valence-electron chi connectivity index (χ1n) is 6.29. The van der Waals surface area contributed by atoms with Gasteiger partial charge in [-0.05, 0) is 43.8 Å². The van der Waals surface area contributed by atoms with Gasteiger partial charge in [0.1, 0.15) is 0 Å². The second-order valence-corrected chi connectivity index (χ2v) is 6.16. The van der Waals surface area contributed by atoms with Crippen molar-refractivity contribution >= 4 is 23.2 Å². The Labute approximate surface area is 117 Å². The summed E-state index contributed by atoms with van der Waals surface area (Å²) in [7, 11) is 2.18. The molecule has 0 bridgehead atoms. The molecule has 18 heavy (non-hydrogen) atoms. The van der Waals surface area contributed by atoms with Crippen LogP contribution in [0.25, 0.3) is 0 Å². The smallest absolute Gasteiger partial charge is 0.0519 e. The minimum atomic E-state index is 0.286. The standard InChI is InChI=1S/C13H17Cl2N3/c1-18-3-2-12-11(7-18)13(17-16-12)8-4-9(14)6-10(15)5-8/h4-6,11-13,16-17H,2-3,7H2,1H3. The van der Waals surface area contributed by atoms with Gasteiger partial charge in [-0.25, -0.2) is 5.43 Å². The van der Waals surface area contributed by atoms with Gasteiger partial charge in [-0.1, -0.05) is 23.2 Å². The number of rotatable bonds is 1. The second kappa shape index (κ2) is 4.99. The Morgan fingerprint density at radius 1 is 1.17 bits per heavy atom. The number of nitrogens with one attached hydrogen (secondary N) is 2. The van der Waals surface area contributed by atoms with E-state index in [0.29, 0.717) is 22.0 Å². The Balaban J connectivity index is 1.87. The fourth-order valence-corrected chi connectivity index (χ4v) is 3.60. The molecule has 2 N–H and O–H groups in total. The highest BCUT2D eigenvalue weighted by atomic mass is 35.5. The zero-order valence-corrected chi connectivity index (χ0v) is 11.8. The van der Waals surface area contributed by atoms with Crippen LogP contribution in [0, 0.1) is 5.92 Å². The van der Waals surface area contributed by atoms with Crippen molar-refractivity contribution in [2.45, 2.75) is 18.5 Å². The van der Waals surface area contributed by atoms with Crippen molar-refractivity contribution in [3.63, 3.8) is 0 Å². The second-order valence-electron chi connectivity index (χ2n) is 5.29. The van der Waals surface area contributed by atoms with Gasteiger partial charge in [-0.3, -0.25) is 5.43 Å². The number of hydrazine groups is 1. The molecule has 2 aliphatic rings. The summed E-state index contributed by atoms with van der Waals surface area (Å²) in [6, 6.07) is 6.62. The van der Waals surface area contributed by atoms with Crippen molar-refractivity contribution in [1.29, 1.82) is 0 Å². The summed E-state index contributed by atoms with van der Waals surface area (Å²) in [4.78, 5) is 2.38. The summed E-state index contributed by atoms with van der Waals surface area (Å²) in [5.41, 5.74) is 7.97. The van der Waals surface area contributed by atoms with Gasteiger partial charge in [0.25, 0.3) is 0 Å². The predicted octanol–water partition coefficient (Wildman–Crippen LogP) is 2.46. The average molecular weight is 286 g/mol. The van der Waals surface area contributed by atoms with Crippen LogP contribution in [0.4, 0.5) is 0 Å². The van der Waals surface area contributed by atoms with Gasteiger partial charge in [-0.15, -0.1) is 0 Å². The van der Waals surface area contributed by atoms with Crippen LogP contribution in [-0.2, 0) is 0 Å². The first-order valence-corrected chi connectivity index (χ1v) is 7.04. The van der Waals surface area contributed by atoms with Crippen LogP contribution in [0.2, 0.25) is 10.0 Å². The lowest BCUT2D eigenvalue weighted by atomic mass is 9.85. The minimum Gasteiger partial charge on any atom is -0.306 e. The molecule has 0 aromatic heterocycles. The largest absolute Gasteiger partial charge is 0.306 e. The van der Waals surface area contributed by atoms with Gasteiger partial charge in [0, 0.05) is 28.5 Å². The highest BCUT2D eigenvalue weighted by molar-refractivity contribution is 6.34. The van der Waals surface area contributed by atoms with Crippen molar-refractivity contribution in [2.75, 3.05) is 20.1 Å². The van der Waals surface area contributed by atoms with E-state index in [0.717, 1.165) is 13.1 Å². The Morgan fingerprint density at radius 3 is 2.61 bits per heavy atom. The van der Waals surface area contributed by atoms with Gasteiger partial charge in [-0.2, -0.15) is 0 Å². The molecular weight excluding hydrogens is 269 g/mol. The maximum Gasteiger partial charge on any atom is 0.0519 e. The predicted molar refractivity (Wildman–Crippen MR) is 74.9 cm³/mol. The van der Waals surface area contributed by atoms with Crippen LogP contribution in [0.15, 0.2) is 18.2 Å². The SMILES string of the molecule is CN1CCC2NNC(c3cc(Cl)cc(Cl)c3)C2C1. The first kappa shape index (κ1) is 12.7. The zero-order valence-electron chi connectivity index (χ0n) is 10.3. The summed E-state index contributed by atoms with van der Waals surface area (Å²) in [6.45, 7) is 2.25. The number of hydrogen-bond donors (Lipinski definition) is 2. The fourth-order valence-electron chi connectivity index (χ4n) is 3.06. The lowest BCUT2D eigenvalue weighted by molar-refractivity contribution is 0.185. The van der Waals surface area contributed by atoms with Crippen molar-refractivity contribution in [1.82, 2.24) is 15.8 Å². The van der Waals surface area contributed by atoms with E-state index in [9.17, 15) is 0 Å². The number of benzene rings is 1. The van der Waals surface area contributed by atoms with Gasteiger partial charge in [0.2, 0.25) is 0 Å². The van der Waals surface area contributed by atoms with Crippen molar-refractivity contribution in [3.05, 3.63) is 33.8 Å². The van der Waals surface area contributed by atoms with E-state index < -0.39 is 0 Å². The van der Waals surface area contributed by atoms with E-state index in [4.69, 9.17) is 23.2 Å². The summed E-state index contributed by atoms with van der Waals surface area (Å²) >= 11 is 12.2. The molecule has 98 valence electrons. The Hall–Kier alpha value is -0.320. The number of halogens is 2. The van der Waals surface area contributed by atoms with Crippen molar-refractivity contribution in [3.8, 4) is 0 Å². The molecule has 2 saturated heterocycles. The number of piperidine rings is 1. The molecule has 0 amide bonds. The van der Waals surface area contributed by atoms with Gasteiger partial charge >= 0.3 is 0 Å². The number of fused-ring (bicyclic) bond motifs is 1. The molecule has 2 fully saturated rings. The summed E-state index contributed by atoms with van der Waals surface area (Å²) in [5, 5.41) is 1.40. The highest BCUT2D eigenvalue weighted by Crippen LogP contribution is 2.35. The molecule has 0 radical (unpaired) electrons. The number of nitrogens with zero attached hydrogens (tertiary/aromatic N) is 1. The third-order valence-corrected chi connectivity index (χ3v) is 4.39. The molecular formula is C13H17Cl2N3. The van der Waals surface area contributed by atoms with E-state index in [1.165, 1.54) is 12.0 Å². The van der Waals surface area contributed by atoms with E-state index in [1.54, 1.807) is 6.07 Å². The van der Waals surface area contributed by atoms with Gasteiger partial charge < -0.3 is 4.90 Å². The Morgan fingerprint density at radius 2 is 1.89 bits per heavy atom. The Kier molecular flexibility index (Phi) is 3.52. The van der Waals surface area contributed by atoms with E-state index in [-0.39, 0.29) is 6.04 Å². The van der Waals surface area contributed by atoms with Crippen LogP contribution in [0.1, 0.15) is 18.0 Å². The van der Waals surface area contributed by atoms with Crippen molar-refractivity contribution in [2.24, 2.45) is 5.92 Å². The fraction of sp³-hybridized carbons (Fsp3) is 0.538. The van der Waals surface area contributed by atoms with E-state index in [2.05, 4.69) is 22.8 Å². The van der Waals surface area contributed by atoms with E-state index >= 15 is 0 Å². The summed E-state index contributed by atoms with van der Waals surface area (Å²) in [5.74, 6) is 0.568. The maximum absolute atomic E-state index is 6.09. The van der Waals surface area contributed by atoms with Crippen molar-refractivity contribution < 1.29 is 0 Å². The molecule has 3 rings (SSSR count). The molecule has 3 unspecified atom stereocenters. The zero-order chi connectivity index (χ0) is 12.7. The van der Waals surface area contributed by atoms with Gasteiger partial charge in [0.05, 0.1) is 6.04 Å². The first-order chi connectivity index (χ1) is 8.63. The Bertz CT molecular complexity index is 432. The quantitative estimate of drug-likeness (QED) is 0.830. The molecule has 0 aliphatic carbocycles. The molecule has 3 nitrogen and oxygen atoms in total. The molecule has 1 aromatic carbocycles. The normalized spacial score (nSPS) is 32.5. The van der Waals surface area contributed by atoms with Crippen LogP contribution >= 0.6 is 23.2 Å². The molecule has 1 aromatic rings. The molecule has 2 heterocycles.